The highest BCUT2D eigenvalue weighted by molar-refractivity contribution is 5.95. The molecule has 2 heteroatoms. The molecule has 0 atom stereocenters. The summed E-state index contributed by atoms with van der Waals surface area (Å²) in [7, 11) is 0. The summed E-state index contributed by atoms with van der Waals surface area (Å²) < 4.78 is 5.63. The number of rotatable bonds is 4. The molecule has 0 saturated heterocycles. The van der Waals surface area contributed by atoms with Crippen LogP contribution >= 0.6 is 0 Å². The van der Waals surface area contributed by atoms with E-state index in [9.17, 15) is 4.79 Å². The number of ether oxygens (including phenoxy) is 1. The molecule has 1 rings (SSSR count). The van der Waals surface area contributed by atoms with Crippen LogP contribution in [0, 0.1) is 5.41 Å². The van der Waals surface area contributed by atoms with Crippen molar-refractivity contribution in [3.05, 3.63) is 29.8 Å². The first-order valence-electron chi connectivity index (χ1n) is 5.68. The van der Waals surface area contributed by atoms with E-state index < -0.39 is 0 Å². The summed E-state index contributed by atoms with van der Waals surface area (Å²) in [5.41, 5.74) is 0.906. The van der Waals surface area contributed by atoms with Gasteiger partial charge >= 0.3 is 0 Å². The zero-order valence-electron chi connectivity index (χ0n) is 10.5. The molecule has 0 amide bonds. The monoisotopic (exact) mass is 220 g/mol. The summed E-state index contributed by atoms with van der Waals surface area (Å²) >= 11 is 0. The molecule has 0 aliphatic rings. The summed E-state index contributed by atoms with van der Waals surface area (Å²) in [4.78, 5) is 11.4. The minimum absolute atomic E-state index is 0.151. The van der Waals surface area contributed by atoms with Gasteiger partial charge in [0.25, 0.3) is 0 Å². The number of benzene rings is 1. The minimum atomic E-state index is 0.151. The first-order chi connectivity index (χ1) is 7.42. The Kier molecular flexibility index (Phi) is 4.11. The Morgan fingerprint density at radius 1 is 1.19 bits per heavy atom. The number of Topliss-reactive ketones (excluding diaryl/α,β-unsaturated/α-hetero) is 1. The van der Waals surface area contributed by atoms with Crippen LogP contribution in [0.1, 0.15) is 44.5 Å². The standard InChI is InChI=1S/C14H20O2/c1-5-13(15)11-6-8-12(9-7-11)16-10-14(2,3)4/h6-9H,5,10H2,1-4H3. The van der Waals surface area contributed by atoms with Crippen LogP contribution in [0.15, 0.2) is 24.3 Å². The van der Waals surface area contributed by atoms with Crippen molar-refractivity contribution in [3.8, 4) is 5.75 Å². The zero-order chi connectivity index (χ0) is 12.2. The first kappa shape index (κ1) is 12.8. The summed E-state index contributed by atoms with van der Waals surface area (Å²) in [5, 5.41) is 0. The molecule has 0 saturated carbocycles. The van der Waals surface area contributed by atoms with Crippen molar-refractivity contribution < 1.29 is 9.53 Å². The average molecular weight is 220 g/mol. The van der Waals surface area contributed by atoms with E-state index in [0.717, 1.165) is 11.3 Å². The molecule has 88 valence electrons. The first-order valence-corrected chi connectivity index (χ1v) is 5.68. The predicted molar refractivity (Wildman–Crippen MR) is 66.0 cm³/mol. The van der Waals surface area contributed by atoms with Gasteiger partial charge in [0.1, 0.15) is 5.75 Å². The molecule has 0 aromatic heterocycles. The zero-order valence-corrected chi connectivity index (χ0v) is 10.5. The topological polar surface area (TPSA) is 26.3 Å². The Bertz CT molecular complexity index is 344. The van der Waals surface area contributed by atoms with Gasteiger partial charge in [-0.1, -0.05) is 27.7 Å². The molecule has 0 radical (unpaired) electrons. The van der Waals surface area contributed by atoms with Crippen molar-refractivity contribution in [2.24, 2.45) is 5.41 Å². The van der Waals surface area contributed by atoms with Gasteiger partial charge in [-0.3, -0.25) is 4.79 Å². The van der Waals surface area contributed by atoms with E-state index in [-0.39, 0.29) is 11.2 Å². The van der Waals surface area contributed by atoms with Crippen LogP contribution in [0.3, 0.4) is 0 Å². The smallest absolute Gasteiger partial charge is 0.162 e. The van der Waals surface area contributed by atoms with E-state index in [1.54, 1.807) is 0 Å². The van der Waals surface area contributed by atoms with E-state index in [1.807, 2.05) is 31.2 Å². The minimum Gasteiger partial charge on any atom is -0.493 e. The largest absolute Gasteiger partial charge is 0.493 e. The van der Waals surface area contributed by atoms with Crippen LogP contribution in [0.5, 0.6) is 5.75 Å². The van der Waals surface area contributed by atoms with Crippen molar-refractivity contribution >= 4 is 5.78 Å². The molecule has 1 aromatic rings. The lowest BCUT2D eigenvalue weighted by Crippen LogP contribution is -2.16. The van der Waals surface area contributed by atoms with Crippen LogP contribution in [-0.2, 0) is 0 Å². The van der Waals surface area contributed by atoms with Gasteiger partial charge in [0.2, 0.25) is 0 Å². The fourth-order valence-corrected chi connectivity index (χ4v) is 1.24. The second-order valence-corrected chi connectivity index (χ2v) is 5.15. The summed E-state index contributed by atoms with van der Waals surface area (Å²) in [6.07, 6.45) is 0.544. The van der Waals surface area contributed by atoms with Gasteiger partial charge in [0.15, 0.2) is 5.78 Å². The molecule has 0 bridgehead atoms. The Hall–Kier alpha value is -1.31. The Morgan fingerprint density at radius 3 is 2.19 bits per heavy atom. The molecule has 0 unspecified atom stereocenters. The maximum Gasteiger partial charge on any atom is 0.162 e. The maximum absolute atomic E-state index is 11.4. The number of hydrogen-bond donors (Lipinski definition) is 0. The Labute approximate surface area is 97.6 Å². The SMILES string of the molecule is CCC(=O)c1ccc(OCC(C)(C)C)cc1. The highest BCUT2D eigenvalue weighted by Gasteiger charge is 2.11. The lowest BCUT2D eigenvalue weighted by atomic mass is 9.99. The molecular formula is C14H20O2. The van der Waals surface area contributed by atoms with E-state index in [4.69, 9.17) is 4.74 Å². The summed E-state index contributed by atoms with van der Waals surface area (Å²) in [6.45, 7) is 8.92. The van der Waals surface area contributed by atoms with Crippen molar-refractivity contribution in [2.45, 2.75) is 34.1 Å². The lowest BCUT2D eigenvalue weighted by Gasteiger charge is -2.18. The molecule has 0 spiro atoms. The summed E-state index contributed by atoms with van der Waals surface area (Å²) in [5.74, 6) is 0.991. The Balaban J connectivity index is 2.62. The van der Waals surface area contributed by atoms with Gasteiger partial charge in [0.05, 0.1) is 6.61 Å². The van der Waals surface area contributed by atoms with Crippen molar-refractivity contribution in [3.63, 3.8) is 0 Å². The van der Waals surface area contributed by atoms with Gasteiger partial charge in [-0.05, 0) is 29.7 Å². The van der Waals surface area contributed by atoms with Crippen LogP contribution in [0.25, 0.3) is 0 Å². The predicted octanol–water partition coefficient (Wildman–Crippen LogP) is 3.70. The number of carbonyl (C=O) groups is 1. The molecule has 0 heterocycles. The normalized spacial score (nSPS) is 11.2. The third kappa shape index (κ3) is 4.05. The van der Waals surface area contributed by atoms with Gasteiger partial charge in [-0.2, -0.15) is 0 Å². The van der Waals surface area contributed by atoms with Gasteiger partial charge in [0, 0.05) is 12.0 Å². The summed E-state index contributed by atoms with van der Waals surface area (Å²) in [6, 6.07) is 7.36. The quantitative estimate of drug-likeness (QED) is 0.723. The lowest BCUT2D eigenvalue weighted by molar-refractivity contribution is 0.0988. The molecule has 16 heavy (non-hydrogen) atoms. The second kappa shape index (κ2) is 5.15. The molecule has 2 nitrogen and oxygen atoms in total. The van der Waals surface area contributed by atoms with Crippen molar-refractivity contribution in [1.29, 1.82) is 0 Å². The third-order valence-electron chi connectivity index (χ3n) is 2.17. The number of carbonyl (C=O) groups excluding carboxylic acids is 1. The second-order valence-electron chi connectivity index (χ2n) is 5.15. The van der Waals surface area contributed by atoms with Crippen molar-refractivity contribution in [1.82, 2.24) is 0 Å². The van der Waals surface area contributed by atoms with E-state index in [2.05, 4.69) is 20.8 Å². The van der Waals surface area contributed by atoms with Crippen LogP contribution in [0.2, 0.25) is 0 Å². The van der Waals surface area contributed by atoms with Crippen LogP contribution in [-0.4, -0.2) is 12.4 Å². The fourth-order valence-electron chi connectivity index (χ4n) is 1.24. The van der Waals surface area contributed by atoms with Crippen LogP contribution in [0.4, 0.5) is 0 Å². The van der Waals surface area contributed by atoms with Crippen molar-refractivity contribution in [2.75, 3.05) is 6.61 Å². The average Bonchev–Trinajstić information content (AvgIpc) is 2.25. The molecular weight excluding hydrogens is 200 g/mol. The molecule has 0 fully saturated rings. The van der Waals surface area contributed by atoms with E-state index in [1.165, 1.54) is 0 Å². The van der Waals surface area contributed by atoms with Gasteiger partial charge in [-0.15, -0.1) is 0 Å². The van der Waals surface area contributed by atoms with E-state index >= 15 is 0 Å². The third-order valence-corrected chi connectivity index (χ3v) is 2.17. The molecule has 0 aliphatic heterocycles. The van der Waals surface area contributed by atoms with Gasteiger partial charge in [-0.25, -0.2) is 0 Å². The highest BCUT2D eigenvalue weighted by atomic mass is 16.5. The van der Waals surface area contributed by atoms with Crippen LogP contribution < -0.4 is 4.74 Å². The van der Waals surface area contributed by atoms with Gasteiger partial charge < -0.3 is 4.74 Å². The molecule has 1 aromatic carbocycles. The molecule has 0 aliphatic carbocycles. The molecule has 0 N–H and O–H groups in total. The number of hydrogen-bond acceptors (Lipinski definition) is 2. The number of ketones is 1. The highest BCUT2D eigenvalue weighted by Crippen LogP contribution is 2.18. The Morgan fingerprint density at radius 2 is 1.75 bits per heavy atom. The maximum atomic E-state index is 11.4. The fraction of sp³-hybridized carbons (Fsp3) is 0.500. The van der Waals surface area contributed by atoms with E-state index in [0.29, 0.717) is 13.0 Å².